The monoisotopic (exact) mass is 277 g/mol. The Morgan fingerprint density at radius 2 is 1.68 bits per heavy atom. The van der Waals surface area contributed by atoms with Crippen LogP contribution < -0.4 is 5.32 Å². The maximum atomic E-state index is 11.6. The summed E-state index contributed by atoms with van der Waals surface area (Å²) >= 11 is 0. The summed E-state index contributed by atoms with van der Waals surface area (Å²) in [5, 5.41) is 2.95. The lowest BCUT2D eigenvalue weighted by Gasteiger charge is -2.25. The van der Waals surface area contributed by atoms with Crippen LogP contribution in [0.4, 0.5) is 0 Å². The highest BCUT2D eigenvalue weighted by Crippen LogP contribution is 2.11. The molecular formula is C13H27NO5. The second kappa shape index (κ2) is 11.2. The summed E-state index contributed by atoms with van der Waals surface area (Å²) in [6, 6.07) is 0. The Bertz CT molecular complexity index is 237. The SMILES string of the molecule is CNC(C)(CCOCCOCCCOC)C(=O)OC. The highest BCUT2D eigenvalue weighted by molar-refractivity contribution is 5.80. The molecule has 0 amide bonds. The van der Waals surface area contributed by atoms with Crippen LogP contribution in [0.5, 0.6) is 0 Å². The largest absolute Gasteiger partial charge is 0.468 e. The van der Waals surface area contributed by atoms with E-state index in [9.17, 15) is 4.79 Å². The van der Waals surface area contributed by atoms with Crippen LogP contribution in [-0.2, 0) is 23.7 Å². The lowest BCUT2D eigenvalue weighted by atomic mass is 9.99. The summed E-state index contributed by atoms with van der Waals surface area (Å²) in [6.45, 7) is 4.73. The standard InChI is InChI=1S/C13H27NO5/c1-13(14-2,12(15)17-4)6-9-19-11-10-18-8-5-7-16-3/h14H,5-11H2,1-4H3. The molecule has 0 heterocycles. The van der Waals surface area contributed by atoms with E-state index in [4.69, 9.17) is 18.9 Å². The third-order valence-electron chi connectivity index (χ3n) is 2.94. The predicted octanol–water partition coefficient (Wildman–Crippen LogP) is 0.597. The van der Waals surface area contributed by atoms with Gasteiger partial charge in [0.25, 0.3) is 0 Å². The minimum atomic E-state index is -0.700. The van der Waals surface area contributed by atoms with Crippen LogP contribution in [0.3, 0.4) is 0 Å². The minimum Gasteiger partial charge on any atom is -0.468 e. The molecule has 0 saturated heterocycles. The molecule has 1 N–H and O–H groups in total. The minimum absolute atomic E-state index is 0.283. The van der Waals surface area contributed by atoms with Crippen LogP contribution >= 0.6 is 0 Å². The van der Waals surface area contributed by atoms with Gasteiger partial charge in [0.05, 0.1) is 20.3 Å². The van der Waals surface area contributed by atoms with Gasteiger partial charge in [-0.15, -0.1) is 0 Å². The van der Waals surface area contributed by atoms with Crippen LogP contribution in [0.2, 0.25) is 0 Å². The van der Waals surface area contributed by atoms with Crippen LogP contribution in [-0.4, -0.2) is 65.8 Å². The van der Waals surface area contributed by atoms with Gasteiger partial charge in [0.15, 0.2) is 0 Å². The van der Waals surface area contributed by atoms with E-state index < -0.39 is 5.54 Å². The van der Waals surface area contributed by atoms with Crippen molar-refractivity contribution in [2.75, 3.05) is 54.3 Å². The Morgan fingerprint density at radius 1 is 1.05 bits per heavy atom. The Balaban J connectivity index is 3.54. The number of carbonyl (C=O) groups is 1. The van der Waals surface area contributed by atoms with Crippen molar-refractivity contribution in [2.24, 2.45) is 0 Å². The molecule has 0 aromatic rings. The number of hydrogen-bond acceptors (Lipinski definition) is 6. The Hall–Kier alpha value is -0.690. The number of likely N-dealkylation sites (N-methyl/N-ethyl adjacent to an activating group) is 1. The number of rotatable bonds is 12. The van der Waals surface area contributed by atoms with E-state index in [1.54, 1.807) is 21.1 Å². The highest BCUT2D eigenvalue weighted by Gasteiger charge is 2.31. The van der Waals surface area contributed by atoms with Crippen molar-refractivity contribution in [3.8, 4) is 0 Å². The summed E-state index contributed by atoms with van der Waals surface area (Å²) in [5.41, 5.74) is -0.700. The van der Waals surface area contributed by atoms with Gasteiger partial charge < -0.3 is 24.3 Å². The first-order chi connectivity index (χ1) is 9.10. The molecule has 0 fully saturated rings. The molecule has 6 heteroatoms. The Kier molecular flexibility index (Phi) is 10.8. The molecule has 0 aromatic carbocycles. The maximum absolute atomic E-state index is 11.6. The summed E-state index contributed by atoms with van der Waals surface area (Å²) < 4.78 is 20.4. The number of methoxy groups -OCH3 is 2. The lowest BCUT2D eigenvalue weighted by Crippen LogP contribution is -2.49. The van der Waals surface area contributed by atoms with Gasteiger partial charge in [-0.1, -0.05) is 0 Å². The molecule has 0 saturated carbocycles. The first kappa shape index (κ1) is 18.3. The first-order valence-electron chi connectivity index (χ1n) is 6.52. The van der Waals surface area contributed by atoms with E-state index in [2.05, 4.69) is 5.32 Å². The van der Waals surface area contributed by atoms with Gasteiger partial charge in [-0.25, -0.2) is 0 Å². The van der Waals surface area contributed by atoms with Crippen LogP contribution in [0, 0.1) is 0 Å². The molecule has 19 heavy (non-hydrogen) atoms. The number of hydrogen-bond donors (Lipinski definition) is 1. The zero-order valence-corrected chi connectivity index (χ0v) is 12.5. The van der Waals surface area contributed by atoms with E-state index in [-0.39, 0.29) is 5.97 Å². The molecule has 0 spiro atoms. The summed E-state index contributed by atoms with van der Waals surface area (Å²) in [6.07, 6.45) is 1.44. The third kappa shape index (κ3) is 8.15. The number of ether oxygens (including phenoxy) is 4. The zero-order chi connectivity index (χ0) is 14.6. The van der Waals surface area contributed by atoms with Crippen molar-refractivity contribution < 1.29 is 23.7 Å². The van der Waals surface area contributed by atoms with Crippen molar-refractivity contribution >= 4 is 5.97 Å². The summed E-state index contributed by atoms with van der Waals surface area (Å²) in [4.78, 5) is 11.6. The van der Waals surface area contributed by atoms with Crippen molar-refractivity contribution in [1.29, 1.82) is 0 Å². The fraction of sp³-hybridized carbons (Fsp3) is 0.923. The third-order valence-corrected chi connectivity index (χ3v) is 2.94. The molecule has 0 aliphatic carbocycles. The second-order valence-electron chi connectivity index (χ2n) is 4.39. The Labute approximate surface area is 115 Å². The number of nitrogens with one attached hydrogen (secondary N) is 1. The van der Waals surface area contributed by atoms with Gasteiger partial charge in [-0.05, 0) is 26.8 Å². The first-order valence-corrected chi connectivity index (χ1v) is 6.52. The van der Waals surface area contributed by atoms with Gasteiger partial charge in [-0.3, -0.25) is 4.79 Å². The molecule has 0 aliphatic heterocycles. The smallest absolute Gasteiger partial charge is 0.325 e. The van der Waals surface area contributed by atoms with Gasteiger partial charge in [0, 0.05) is 26.9 Å². The molecule has 0 aromatic heterocycles. The van der Waals surface area contributed by atoms with Crippen molar-refractivity contribution in [3.63, 3.8) is 0 Å². The molecule has 1 unspecified atom stereocenters. The van der Waals surface area contributed by atoms with E-state index in [1.165, 1.54) is 7.11 Å². The fourth-order valence-electron chi connectivity index (χ4n) is 1.46. The van der Waals surface area contributed by atoms with Gasteiger partial charge in [-0.2, -0.15) is 0 Å². The fourth-order valence-corrected chi connectivity index (χ4v) is 1.46. The summed E-state index contributed by atoms with van der Waals surface area (Å²) in [5.74, 6) is -0.283. The van der Waals surface area contributed by atoms with Crippen LogP contribution in [0.25, 0.3) is 0 Å². The van der Waals surface area contributed by atoms with Gasteiger partial charge in [0.2, 0.25) is 0 Å². The zero-order valence-electron chi connectivity index (χ0n) is 12.5. The molecular weight excluding hydrogens is 250 g/mol. The van der Waals surface area contributed by atoms with E-state index in [0.717, 1.165) is 6.42 Å². The second-order valence-corrected chi connectivity index (χ2v) is 4.39. The molecule has 0 aliphatic rings. The van der Waals surface area contributed by atoms with Gasteiger partial charge in [0.1, 0.15) is 5.54 Å². The molecule has 0 rings (SSSR count). The molecule has 0 bridgehead atoms. The average Bonchev–Trinajstić information content (AvgIpc) is 2.44. The van der Waals surface area contributed by atoms with E-state index in [1.807, 2.05) is 0 Å². The normalized spacial score (nSPS) is 14.1. The molecule has 1 atom stereocenters. The van der Waals surface area contributed by atoms with E-state index in [0.29, 0.717) is 39.5 Å². The lowest BCUT2D eigenvalue weighted by molar-refractivity contribution is -0.148. The molecule has 114 valence electrons. The number of esters is 1. The van der Waals surface area contributed by atoms with Crippen LogP contribution in [0.1, 0.15) is 19.8 Å². The quantitative estimate of drug-likeness (QED) is 0.416. The van der Waals surface area contributed by atoms with E-state index >= 15 is 0 Å². The van der Waals surface area contributed by atoms with Crippen molar-refractivity contribution in [2.45, 2.75) is 25.3 Å². The van der Waals surface area contributed by atoms with Crippen molar-refractivity contribution in [1.82, 2.24) is 5.32 Å². The Morgan fingerprint density at radius 3 is 2.21 bits per heavy atom. The number of carbonyl (C=O) groups excluding carboxylic acids is 1. The van der Waals surface area contributed by atoms with Crippen LogP contribution in [0.15, 0.2) is 0 Å². The molecule has 6 nitrogen and oxygen atoms in total. The molecule has 0 radical (unpaired) electrons. The maximum Gasteiger partial charge on any atom is 0.325 e. The van der Waals surface area contributed by atoms with Crippen molar-refractivity contribution in [3.05, 3.63) is 0 Å². The highest BCUT2D eigenvalue weighted by atomic mass is 16.5. The topological polar surface area (TPSA) is 66.0 Å². The predicted molar refractivity (Wildman–Crippen MR) is 72.2 cm³/mol. The summed E-state index contributed by atoms with van der Waals surface area (Å²) in [7, 11) is 4.78. The average molecular weight is 277 g/mol. The van der Waals surface area contributed by atoms with Gasteiger partial charge >= 0.3 is 5.97 Å².